The normalized spacial score (nSPS) is 15.7. The van der Waals surface area contributed by atoms with Crippen molar-refractivity contribution in [1.82, 2.24) is 9.80 Å². The first-order valence-electron chi connectivity index (χ1n) is 9.54. The number of piperidine rings is 1. The predicted octanol–water partition coefficient (Wildman–Crippen LogP) is 4.10. The Hall–Kier alpha value is -2.04. The number of ether oxygens (including phenoxy) is 1. The van der Waals surface area contributed by atoms with Crippen molar-refractivity contribution in [3.05, 3.63) is 35.4 Å². The molecule has 144 valence electrons. The second-order valence-corrected chi connectivity index (χ2v) is 8.07. The third-order valence-corrected chi connectivity index (χ3v) is 4.79. The lowest BCUT2D eigenvalue weighted by atomic mass is 9.95. The molecule has 1 fully saturated rings. The van der Waals surface area contributed by atoms with E-state index in [9.17, 15) is 9.59 Å². The summed E-state index contributed by atoms with van der Waals surface area (Å²) >= 11 is 0. The van der Waals surface area contributed by atoms with Crippen LogP contribution in [0.3, 0.4) is 0 Å². The van der Waals surface area contributed by atoms with Crippen LogP contribution in [-0.4, -0.2) is 53.6 Å². The second kappa shape index (κ2) is 8.56. The fraction of sp³-hybridized carbons (Fsp3) is 0.619. The number of rotatable bonds is 4. The first-order chi connectivity index (χ1) is 12.2. The average molecular weight is 360 g/mol. The molecule has 0 spiro atoms. The number of carbonyl (C=O) groups is 2. The zero-order chi connectivity index (χ0) is 19.3. The zero-order valence-electron chi connectivity index (χ0n) is 16.7. The monoisotopic (exact) mass is 360 g/mol. The van der Waals surface area contributed by atoms with Gasteiger partial charge in [0.1, 0.15) is 5.60 Å². The van der Waals surface area contributed by atoms with Gasteiger partial charge in [-0.2, -0.15) is 0 Å². The molecule has 2 rings (SSSR count). The lowest BCUT2D eigenvalue weighted by Crippen LogP contribution is -2.44. The number of nitrogens with zero attached hydrogens (tertiary/aromatic N) is 2. The minimum atomic E-state index is -0.478. The molecule has 0 unspecified atom stereocenters. The van der Waals surface area contributed by atoms with Crippen LogP contribution >= 0.6 is 0 Å². The average Bonchev–Trinajstić information content (AvgIpc) is 2.58. The first kappa shape index (κ1) is 20.3. The fourth-order valence-electron chi connectivity index (χ4n) is 3.27. The molecule has 0 N–H and O–H groups in total. The summed E-state index contributed by atoms with van der Waals surface area (Å²) in [6, 6.07) is 7.73. The Kier molecular flexibility index (Phi) is 6.68. The molecule has 1 aliphatic rings. The number of carbonyl (C=O) groups excluding carboxylic acids is 2. The fourth-order valence-corrected chi connectivity index (χ4v) is 3.27. The summed E-state index contributed by atoms with van der Waals surface area (Å²) in [6.07, 6.45) is 1.58. The summed E-state index contributed by atoms with van der Waals surface area (Å²) in [6.45, 7) is 12.4. The molecular weight excluding hydrogens is 328 g/mol. The summed E-state index contributed by atoms with van der Waals surface area (Å²) < 4.78 is 5.49. The quantitative estimate of drug-likeness (QED) is 0.812. The van der Waals surface area contributed by atoms with Crippen molar-refractivity contribution in [1.29, 1.82) is 0 Å². The van der Waals surface area contributed by atoms with Crippen molar-refractivity contribution in [3.8, 4) is 0 Å². The van der Waals surface area contributed by atoms with Gasteiger partial charge in [-0.3, -0.25) is 4.79 Å². The van der Waals surface area contributed by atoms with Gasteiger partial charge in [0.15, 0.2) is 0 Å². The predicted molar refractivity (Wildman–Crippen MR) is 103 cm³/mol. The van der Waals surface area contributed by atoms with Crippen LogP contribution in [0.15, 0.2) is 24.3 Å². The van der Waals surface area contributed by atoms with Gasteiger partial charge in [0.25, 0.3) is 5.91 Å². The standard InChI is InChI=1S/C21H32N2O3/c1-6-22(20(25)26-21(3,4)5)15-17-11-13-23(14-12-17)19(24)18-10-8-7-9-16(18)2/h7-10,17H,6,11-15H2,1-5H3. The van der Waals surface area contributed by atoms with E-state index < -0.39 is 5.60 Å². The molecule has 0 radical (unpaired) electrons. The van der Waals surface area contributed by atoms with Gasteiger partial charge in [-0.25, -0.2) is 4.79 Å². The van der Waals surface area contributed by atoms with Crippen molar-refractivity contribution >= 4 is 12.0 Å². The van der Waals surface area contributed by atoms with Crippen molar-refractivity contribution in [2.24, 2.45) is 5.92 Å². The number of likely N-dealkylation sites (tertiary alicyclic amines) is 1. The summed E-state index contributed by atoms with van der Waals surface area (Å²) in [4.78, 5) is 28.7. The minimum absolute atomic E-state index is 0.112. The lowest BCUT2D eigenvalue weighted by molar-refractivity contribution is 0.0202. The molecule has 26 heavy (non-hydrogen) atoms. The number of aryl methyl sites for hydroxylation is 1. The summed E-state index contributed by atoms with van der Waals surface area (Å²) in [5.41, 5.74) is 1.32. The van der Waals surface area contributed by atoms with Gasteiger partial charge < -0.3 is 14.5 Å². The third kappa shape index (κ3) is 5.48. The van der Waals surface area contributed by atoms with E-state index in [1.54, 1.807) is 4.90 Å². The number of benzene rings is 1. The first-order valence-corrected chi connectivity index (χ1v) is 9.54. The highest BCUT2D eigenvalue weighted by molar-refractivity contribution is 5.95. The Morgan fingerprint density at radius 2 is 1.81 bits per heavy atom. The largest absolute Gasteiger partial charge is 0.444 e. The summed E-state index contributed by atoms with van der Waals surface area (Å²) in [7, 11) is 0. The van der Waals surface area contributed by atoms with Crippen LogP contribution in [0.2, 0.25) is 0 Å². The van der Waals surface area contributed by atoms with E-state index in [1.807, 2.05) is 63.8 Å². The number of hydrogen-bond acceptors (Lipinski definition) is 3. The van der Waals surface area contributed by atoms with Crippen molar-refractivity contribution < 1.29 is 14.3 Å². The summed E-state index contributed by atoms with van der Waals surface area (Å²) in [5, 5.41) is 0. The molecule has 2 amide bonds. The van der Waals surface area contributed by atoms with Gasteiger partial charge in [-0.05, 0) is 65.0 Å². The SMILES string of the molecule is CCN(CC1CCN(C(=O)c2ccccc2C)CC1)C(=O)OC(C)(C)C. The smallest absolute Gasteiger partial charge is 0.410 e. The van der Waals surface area contributed by atoms with Gasteiger partial charge in [0, 0.05) is 31.7 Å². The van der Waals surface area contributed by atoms with Crippen LogP contribution in [0.4, 0.5) is 4.79 Å². The highest BCUT2D eigenvalue weighted by Crippen LogP contribution is 2.22. The van der Waals surface area contributed by atoms with Crippen LogP contribution in [0.5, 0.6) is 0 Å². The Morgan fingerprint density at radius 1 is 1.19 bits per heavy atom. The van der Waals surface area contributed by atoms with E-state index in [0.717, 1.165) is 37.1 Å². The number of amides is 2. The van der Waals surface area contributed by atoms with E-state index in [1.165, 1.54) is 0 Å². The molecule has 1 aromatic rings. The van der Waals surface area contributed by atoms with Gasteiger partial charge in [-0.1, -0.05) is 18.2 Å². The molecule has 0 atom stereocenters. The van der Waals surface area contributed by atoms with Crippen LogP contribution in [0.1, 0.15) is 56.5 Å². The Bertz CT molecular complexity index is 628. The topological polar surface area (TPSA) is 49.9 Å². The van der Waals surface area contributed by atoms with Crippen LogP contribution in [-0.2, 0) is 4.74 Å². The maximum atomic E-state index is 12.7. The van der Waals surface area contributed by atoms with E-state index in [-0.39, 0.29) is 12.0 Å². The van der Waals surface area contributed by atoms with Gasteiger partial charge >= 0.3 is 6.09 Å². The maximum absolute atomic E-state index is 12.7. The Balaban J connectivity index is 1.88. The van der Waals surface area contributed by atoms with Crippen molar-refractivity contribution in [2.45, 2.75) is 53.1 Å². The van der Waals surface area contributed by atoms with E-state index >= 15 is 0 Å². The molecule has 1 aromatic carbocycles. The maximum Gasteiger partial charge on any atom is 0.410 e. The molecule has 0 aromatic heterocycles. The molecule has 1 saturated heterocycles. The molecule has 5 heteroatoms. The van der Waals surface area contributed by atoms with Crippen LogP contribution in [0.25, 0.3) is 0 Å². The minimum Gasteiger partial charge on any atom is -0.444 e. The Labute approximate surface area is 157 Å². The second-order valence-electron chi connectivity index (χ2n) is 8.07. The molecule has 0 aliphatic carbocycles. The summed E-state index contributed by atoms with van der Waals surface area (Å²) in [5.74, 6) is 0.518. The van der Waals surface area contributed by atoms with Gasteiger partial charge in [0.05, 0.1) is 0 Å². The molecule has 1 aliphatic heterocycles. The van der Waals surface area contributed by atoms with Crippen LogP contribution in [0, 0.1) is 12.8 Å². The Morgan fingerprint density at radius 3 is 2.35 bits per heavy atom. The zero-order valence-corrected chi connectivity index (χ0v) is 16.7. The van der Waals surface area contributed by atoms with Crippen molar-refractivity contribution in [2.75, 3.05) is 26.2 Å². The van der Waals surface area contributed by atoms with E-state index in [0.29, 0.717) is 19.0 Å². The molecule has 5 nitrogen and oxygen atoms in total. The van der Waals surface area contributed by atoms with E-state index in [2.05, 4.69) is 0 Å². The van der Waals surface area contributed by atoms with Gasteiger partial charge in [0.2, 0.25) is 0 Å². The van der Waals surface area contributed by atoms with Crippen molar-refractivity contribution in [3.63, 3.8) is 0 Å². The highest BCUT2D eigenvalue weighted by atomic mass is 16.6. The molecule has 0 bridgehead atoms. The molecular formula is C21H32N2O3. The van der Waals surface area contributed by atoms with Gasteiger partial charge in [-0.15, -0.1) is 0 Å². The highest BCUT2D eigenvalue weighted by Gasteiger charge is 2.28. The number of hydrogen-bond donors (Lipinski definition) is 0. The van der Waals surface area contributed by atoms with E-state index in [4.69, 9.17) is 4.74 Å². The van der Waals surface area contributed by atoms with Crippen LogP contribution < -0.4 is 0 Å². The third-order valence-electron chi connectivity index (χ3n) is 4.79. The molecule has 0 saturated carbocycles. The molecule has 1 heterocycles. The lowest BCUT2D eigenvalue weighted by Gasteiger charge is -2.35.